The van der Waals surface area contributed by atoms with E-state index in [2.05, 4.69) is 29.7 Å². The minimum absolute atomic E-state index is 0.0325. The zero-order valence-electron chi connectivity index (χ0n) is 20.0. The Labute approximate surface area is 204 Å². The molecule has 0 unspecified atom stereocenters. The Morgan fingerprint density at radius 1 is 1.14 bits per heavy atom. The van der Waals surface area contributed by atoms with Gasteiger partial charge in [0.15, 0.2) is 0 Å². The van der Waals surface area contributed by atoms with E-state index in [1.165, 1.54) is 0 Å². The third kappa shape index (κ3) is 5.01. The number of anilines is 1. The van der Waals surface area contributed by atoms with Gasteiger partial charge in [-0.1, -0.05) is 0 Å². The smallest absolute Gasteiger partial charge is 0.240 e. The van der Waals surface area contributed by atoms with Crippen LogP contribution >= 0.6 is 0 Å². The summed E-state index contributed by atoms with van der Waals surface area (Å²) in [5.41, 5.74) is 2.68. The number of nitrogens with one attached hydrogen (secondary N) is 2. The Bertz CT molecular complexity index is 1420. The number of piperidine rings is 1. The van der Waals surface area contributed by atoms with Gasteiger partial charge in [0.05, 0.1) is 28.3 Å². The lowest BCUT2D eigenvalue weighted by molar-refractivity contribution is 0.242. The molecule has 1 aromatic carbocycles. The standard InChI is InChI=1S/C24H29N7O3S/c1-16(2)34-19-4-6-20(7-5-19)35(32,33)29-18-8-10-31(11-9-18)24-21-12-22(17-13-27-30(3)14-17)28-23(21)25-15-26-24/h4-7,12-16,18,29H,8-11H2,1-3H3,(H,25,26,28). The maximum absolute atomic E-state index is 12.9. The first-order valence-electron chi connectivity index (χ1n) is 11.7. The second-order valence-corrected chi connectivity index (χ2v) is 10.8. The molecule has 0 saturated carbocycles. The molecule has 4 heterocycles. The molecule has 2 N–H and O–H groups in total. The van der Waals surface area contributed by atoms with E-state index in [-0.39, 0.29) is 17.0 Å². The van der Waals surface area contributed by atoms with Crippen LogP contribution in [0.4, 0.5) is 5.82 Å². The van der Waals surface area contributed by atoms with Gasteiger partial charge in [0, 0.05) is 37.9 Å². The highest BCUT2D eigenvalue weighted by Crippen LogP contribution is 2.30. The van der Waals surface area contributed by atoms with Crippen LogP contribution in [-0.4, -0.2) is 58.4 Å². The first-order valence-corrected chi connectivity index (χ1v) is 13.1. The van der Waals surface area contributed by atoms with Gasteiger partial charge < -0.3 is 14.6 Å². The molecule has 1 fully saturated rings. The molecule has 0 aliphatic carbocycles. The minimum atomic E-state index is -3.61. The van der Waals surface area contributed by atoms with Crippen molar-refractivity contribution in [2.45, 2.75) is 43.7 Å². The Hall–Kier alpha value is -3.44. The Balaban J connectivity index is 1.26. The van der Waals surface area contributed by atoms with E-state index in [0.29, 0.717) is 31.7 Å². The topological polar surface area (TPSA) is 118 Å². The Morgan fingerprint density at radius 2 is 1.89 bits per heavy atom. The molecule has 184 valence electrons. The fourth-order valence-corrected chi connectivity index (χ4v) is 5.67. The van der Waals surface area contributed by atoms with Crippen molar-refractivity contribution >= 4 is 26.9 Å². The number of aryl methyl sites for hydroxylation is 1. The fourth-order valence-electron chi connectivity index (χ4n) is 4.36. The number of hydrogen-bond donors (Lipinski definition) is 2. The second kappa shape index (κ2) is 9.31. The number of sulfonamides is 1. The molecule has 3 aromatic heterocycles. The van der Waals surface area contributed by atoms with Crippen LogP contribution in [0.1, 0.15) is 26.7 Å². The number of nitrogens with zero attached hydrogens (tertiary/aromatic N) is 5. The third-order valence-corrected chi connectivity index (χ3v) is 7.58. The molecule has 1 aliphatic rings. The summed E-state index contributed by atoms with van der Waals surface area (Å²) in [6, 6.07) is 8.44. The molecule has 35 heavy (non-hydrogen) atoms. The summed E-state index contributed by atoms with van der Waals surface area (Å²) >= 11 is 0. The molecule has 0 radical (unpaired) electrons. The number of aromatic amines is 1. The van der Waals surface area contributed by atoms with Crippen molar-refractivity contribution in [2.24, 2.45) is 7.05 Å². The van der Waals surface area contributed by atoms with E-state index in [1.54, 1.807) is 41.5 Å². The van der Waals surface area contributed by atoms with E-state index >= 15 is 0 Å². The molecule has 4 aromatic rings. The summed E-state index contributed by atoms with van der Waals surface area (Å²) in [7, 11) is -1.73. The van der Waals surface area contributed by atoms with Crippen molar-refractivity contribution in [3.05, 3.63) is 49.1 Å². The average molecular weight is 496 g/mol. The van der Waals surface area contributed by atoms with Crippen LogP contribution in [0.25, 0.3) is 22.3 Å². The molecule has 5 rings (SSSR count). The van der Waals surface area contributed by atoms with E-state index in [0.717, 1.165) is 28.1 Å². The summed E-state index contributed by atoms with van der Waals surface area (Å²) in [4.78, 5) is 14.7. The number of aromatic nitrogens is 5. The van der Waals surface area contributed by atoms with Gasteiger partial charge in [-0.15, -0.1) is 0 Å². The average Bonchev–Trinajstić information content (AvgIpc) is 3.45. The molecule has 11 heteroatoms. The first kappa shape index (κ1) is 23.3. The van der Waals surface area contributed by atoms with Gasteiger partial charge >= 0.3 is 0 Å². The van der Waals surface area contributed by atoms with Crippen LogP contribution < -0.4 is 14.4 Å². The lowest BCUT2D eigenvalue weighted by Crippen LogP contribution is -2.44. The highest BCUT2D eigenvalue weighted by molar-refractivity contribution is 7.89. The molecule has 0 amide bonds. The monoisotopic (exact) mass is 495 g/mol. The van der Waals surface area contributed by atoms with Crippen molar-refractivity contribution in [1.82, 2.24) is 29.5 Å². The van der Waals surface area contributed by atoms with Gasteiger partial charge in [0.1, 0.15) is 23.5 Å². The van der Waals surface area contributed by atoms with Crippen LogP contribution in [0.5, 0.6) is 5.75 Å². The summed E-state index contributed by atoms with van der Waals surface area (Å²) in [6.07, 6.45) is 6.70. The van der Waals surface area contributed by atoms with Gasteiger partial charge in [-0.25, -0.2) is 23.1 Å². The maximum atomic E-state index is 12.9. The first-order chi connectivity index (χ1) is 16.8. The van der Waals surface area contributed by atoms with Crippen molar-refractivity contribution < 1.29 is 13.2 Å². The number of rotatable bonds is 7. The van der Waals surface area contributed by atoms with Gasteiger partial charge in [-0.3, -0.25) is 4.68 Å². The van der Waals surface area contributed by atoms with Crippen molar-refractivity contribution in [3.8, 4) is 17.0 Å². The molecular formula is C24H29N7O3S. The maximum Gasteiger partial charge on any atom is 0.240 e. The largest absolute Gasteiger partial charge is 0.491 e. The van der Waals surface area contributed by atoms with Gasteiger partial charge in [-0.2, -0.15) is 5.10 Å². The molecular weight excluding hydrogens is 466 g/mol. The van der Waals surface area contributed by atoms with E-state index < -0.39 is 10.0 Å². The summed E-state index contributed by atoms with van der Waals surface area (Å²) in [5, 5.41) is 5.18. The number of ether oxygens (including phenoxy) is 1. The number of fused-ring (bicyclic) bond motifs is 1. The molecule has 1 saturated heterocycles. The summed E-state index contributed by atoms with van der Waals surface area (Å²) < 4.78 is 36.0. The van der Waals surface area contributed by atoms with E-state index in [9.17, 15) is 8.42 Å². The van der Waals surface area contributed by atoms with Crippen molar-refractivity contribution in [3.63, 3.8) is 0 Å². The SMILES string of the molecule is CC(C)Oc1ccc(S(=O)(=O)NC2CCN(c3ncnc4[nH]c(-c5cnn(C)c5)cc34)CC2)cc1. The van der Waals surface area contributed by atoms with Crippen LogP contribution in [-0.2, 0) is 17.1 Å². The molecule has 10 nitrogen and oxygen atoms in total. The Morgan fingerprint density at radius 3 is 2.54 bits per heavy atom. The van der Waals surface area contributed by atoms with Crippen molar-refractivity contribution in [2.75, 3.05) is 18.0 Å². The molecule has 1 aliphatic heterocycles. The van der Waals surface area contributed by atoms with Crippen LogP contribution in [0.15, 0.2) is 53.9 Å². The predicted octanol–water partition coefficient (Wildman–Crippen LogP) is 3.09. The summed E-state index contributed by atoms with van der Waals surface area (Å²) in [6.45, 7) is 5.24. The highest BCUT2D eigenvalue weighted by Gasteiger charge is 2.26. The second-order valence-electron chi connectivity index (χ2n) is 9.07. The fraction of sp³-hybridized carbons (Fsp3) is 0.375. The molecule has 0 bridgehead atoms. The van der Waals surface area contributed by atoms with E-state index in [4.69, 9.17) is 4.74 Å². The third-order valence-electron chi connectivity index (χ3n) is 6.04. The quantitative estimate of drug-likeness (QED) is 0.404. The van der Waals surface area contributed by atoms with Crippen LogP contribution in [0.3, 0.4) is 0 Å². The lowest BCUT2D eigenvalue weighted by atomic mass is 10.1. The number of H-pyrrole nitrogens is 1. The lowest BCUT2D eigenvalue weighted by Gasteiger charge is -2.33. The number of benzene rings is 1. The van der Waals surface area contributed by atoms with Crippen LogP contribution in [0.2, 0.25) is 0 Å². The zero-order valence-corrected chi connectivity index (χ0v) is 20.8. The minimum Gasteiger partial charge on any atom is -0.491 e. The van der Waals surface area contributed by atoms with Crippen LogP contribution in [0, 0.1) is 0 Å². The summed E-state index contributed by atoms with van der Waals surface area (Å²) in [5.74, 6) is 1.50. The molecule has 0 spiro atoms. The van der Waals surface area contributed by atoms with Gasteiger partial charge in [0.25, 0.3) is 0 Å². The van der Waals surface area contributed by atoms with Crippen molar-refractivity contribution in [1.29, 1.82) is 0 Å². The predicted molar refractivity (Wildman–Crippen MR) is 134 cm³/mol. The van der Waals surface area contributed by atoms with Gasteiger partial charge in [0.2, 0.25) is 10.0 Å². The van der Waals surface area contributed by atoms with E-state index in [1.807, 2.05) is 33.2 Å². The Kier molecular flexibility index (Phi) is 6.20. The highest BCUT2D eigenvalue weighted by atomic mass is 32.2. The normalized spacial score (nSPS) is 15.3. The van der Waals surface area contributed by atoms with Gasteiger partial charge in [-0.05, 0) is 57.0 Å². The number of hydrogen-bond acceptors (Lipinski definition) is 7. The zero-order chi connectivity index (χ0) is 24.6. The molecule has 0 atom stereocenters.